The van der Waals surface area contributed by atoms with Gasteiger partial charge in [-0.05, 0) is 43.0 Å². The summed E-state index contributed by atoms with van der Waals surface area (Å²) in [6.07, 6.45) is 3.10. The van der Waals surface area contributed by atoms with Crippen LogP contribution in [0.4, 0.5) is 11.4 Å². The Labute approximate surface area is 219 Å². The average molecular weight is 564 g/mol. The largest absolute Gasteiger partial charge is 0.505 e. The summed E-state index contributed by atoms with van der Waals surface area (Å²) in [5.74, 6) is -0.632. The van der Waals surface area contributed by atoms with E-state index < -0.39 is 28.9 Å². The van der Waals surface area contributed by atoms with Crippen LogP contribution in [-0.2, 0) is 25.7 Å². The fourth-order valence-corrected chi connectivity index (χ4v) is 6.17. The highest BCUT2D eigenvalue weighted by molar-refractivity contribution is 7.92. The first-order chi connectivity index (χ1) is 17.7. The summed E-state index contributed by atoms with van der Waals surface area (Å²) in [7, 11) is -7.59. The van der Waals surface area contributed by atoms with Crippen molar-refractivity contribution in [2.75, 3.05) is 22.9 Å². The monoisotopic (exact) mass is 563 g/mol. The van der Waals surface area contributed by atoms with E-state index in [0.29, 0.717) is 12.1 Å². The molecule has 0 radical (unpaired) electrons. The van der Waals surface area contributed by atoms with Crippen molar-refractivity contribution in [1.82, 2.24) is 20.0 Å². The zero-order valence-corrected chi connectivity index (χ0v) is 23.4. The van der Waals surface area contributed by atoms with Gasteiger partial charge < -0.3 is 14.9 Å². The van der Waals surface area contributed by atoms with Gasteiger partial charge >= 0.3 is 7.52 Å². The molecule has 0 bridgehead atoms. The molecule has 1 atom stereocenters. The summed E-state index contributed by atoms with van der Waals surface area (Å²) in [5.41, 5.74) is -0.0782. The molecule has 4 rings (SSSR count). The number of benzene rings is 1. The number of nitrogens with one attached hydrogen (secondary N) is 3. The summed E-state index contributed by atoms with van der Waals surface area (Å²) >= 11 is 0. The van der Waals surface area contributed by atoms with Crippen molar-refractivity contribution in [3.63, 3.8) is 0 Å². The van der Waals surface area contributed by atoms with Gasteiger partial charge in [-0.2, -0.15) is 15.0 Å². The predicted molar refractivity (Wildman–Crippen MR) is 146 cm³/mol. The minimum Gasteiger partial charge on any atom is -0.505 e. The topological polar surface area (TPSA) is 181 Å². The quantitative estimate of drug-likeness (QED) is 0.300. The second kappa shape index (κ2) is 10.0. The van der Waals surface area contributed by atoms with Crippen LogP contribution in [0.1, 0.15) is 39.7 Å². The molecular formula is C23H30N7O6PS. The molecule has 1 aromatic carbocycles. The van der Waals surface area contributed by atoms with Crippen molar-refractivity contribution in [3.8, 4) is 17.1 Å². The second-order valence-electron chi connectivity index (χ2n) is 10.00. The van der Waals surface area contributed by atoms with Crippen LogP contribution < -0.4 is 20.9 Å². The van der Waals surface area contributed by atoms with Gasteiger partial charge in [0.05, 0.1) is 29.5 Å². The molecule has 0 amide bonds. The number of anilines is 2. The standard InChI is InChI=1S/C23H30N7O6PS/c1-6-36-37(33)17-13-14(29-38(5,34)35)7-8-15(17)25-21(28-37)18-20(31)19(16-9-11-24-26-16)27-30(22(18)32)12-10-23(2,3)4/h7-9,11,13,29,31H,6,10,12H2,1-5H3,(H,24,26)(H,25,28,33). The summed E-state index contributed by atoms with van der Waals surface area (Å²) in [6.45, 7) is 8.01. The number of H-pyrrole nitrogens is 1. The third kappa shape index (κ3) is 5.82. The molecule has 2 aromatic heterocycles. The second-order valence-corrected chi connectivity index (χ2v) is 13.7. The number of aromatic hydroxyl groups is 1. The molecule has 3 heterocycles. The van der Waals surface area contributed by atoms with Gasteiger partial charge in [-0.15, -0.1) is 0 Å². The number of rotatable bonds is 8. The van der Waals surface area contributed by atoms with Gasteiger partial charge in [-0.1, -0.05) is 20.8 Å². The highest BCUT2D eigenvalue weighted by Gasteiger charge is 2.36. The normalized spacial score (nSPS) is 17.4. The molecular weight excluding hydrogens is 533 g/mol. The van der Waals surface area contributed by atoms with Crippen molar-refractivity contribution in [1.29, 1.82) is 0 Å². The first kappa shape index (κ1) is 27.6. The van der Waals surface area contributed by atoms with E-state index in [2.05, 4.69) is 30.1 Å². The lowest BCUT2D eigenvalue weighted by Crippen LogP contribution is -2.35. The Morgan fingerprint density at radius 3 is 2.58 bits per heavy atom. The number of aryl methyl sites for hydroxylation is 1. The molecule has 15 heteroatoms. The van der Waals surface area contributed by atoms with Crippen LogP contribution in [0, 0.1) is 5.41 Å². The number of aromatic nitrogens is 4. The molecule has 1 aliphatic rings. The SMILES string of the molecule is CCOP1(=O)N=C(c2c(O)c(-c3ccn[nH]3)nn(CCC(C)(C)C)c2=O)Nc2ccc(NS(C)(=O)=O)cc21. The predicted octanol–water partition coefficient (Wildman–Crippen LogP) is 2.87. The lowest BCUT2D eigenvalue weighted by molar-refractivity contribution is 0.335. The number of aromatic amines is 1. The van der Waals surface area contributed by atoms with Crippen LogP contribution in [-0.4, -0.2) is 52.2 Å². The Kier molecular flexibility index (Phi) is 7.26. The van der Waals surface area contributed by atoms with Gasteiger partial charge in [0, 0.05) is 18.4 Å². The van der Waals surface area contributed by atoms with Gasteiger partial charge in [-0.3, -0.25) is 19.2 Å². The molecule has 0 fully saturated rings. The molecule has 0 saturated heterocycles. The Morgan fingerprint density at radius 1 is 1.24 bits per heavy atom. The van der Waals surface area contributed by atoms with Crippen molar-refractivity contribution >= 4 is 40.1 Å². The molecule has 0 spiro atoms. The summed E-state index contributed by atoms with van der Waals surface area (Å²) in [4.78, 5) is 13.6. The van der Waals surface area contributed by atoms with Crippen molar-refractivity contribution < 1.29 is 22.6 Å². The van der Waals surface area contributed by atoms with E-state index >= 15 is 0 Å². The van der Waals surface area contributed by atoms with Gasteiger partial charge in [0.2, 0.25) is 10.0 Å². The summed E-state index contributed by atoms with van der Waals surface area (Å²) in [5, 5.41) is 25.3. The van der Waals surface area contributed by atoms with Crippen LogP contribution in [0.25, 0.3) is 11.4 Å². The van der Waals surface area contributed by atoms with Crippen LogP contribution in [0.5, 0.6) is 5.75 Å². The van der Waals surface area contributed by atoms with Crippen molar-refractivity contribution in [2.45, 2.75) is 40.7 Å². The molecule has 1 unspecified atom stereocenters. The third-order valence-electron chi connectivity index (χ3n) is 5.59. The average Bonchev–Trinajstić information content (AvgIpc) is 3.32. The fourth-order valence-electron chi connectivity index (χ4n) is 3.81. The highest BCUT2D eigenvalue weighted by Crippen LogP contribution is 2.52. The Balaban J connectivity index is 1.90. The van der Waals surface area contributed by atoms with Crippen LogP contribution in [0.15, 0.2) is 40.0 Å². The van der Waals surface area contributed by atoms with Gasteiger partial charge in [0.1, 0.15) is 5.56 Å². The smallest absolute Gasteiger partial charge is 0.348 e. The van der Waals surface area contributed by atoms with E-state index in [-0.39, 0.29) is 52.3 Å². The Morgan fingerprint density at radius 2 is 1.97 bits per heavy atom. The van der Waals surface area contributed by atoms with Gasteiger partial charge in [0.25, 0.3) is 5.56 Å². The Hall–Kier alpha value is -3.48. The third-order valence-corrected chi connectivity index (χ3v) is 8.25. The molecule has 204 valence electrons. The maximum absolute atomic E-state index is 14.0. The molecule has 4 N–H and O–H groups in total. The fraction of sp³-hybridized carbons (Fsp3) is 0.391. The number of hydrogen-bond donors (Lipinski definition) is 4. The molecule has 13 nitrogen and oxygen atoms in total. The minimum absolute atomic E-state index is 0.0226. The van der Waals surface area contributed by atoms with E-state index in [1.165, 1.54) is 29.1 Å². The Bertz CT molecular complexity index is 1610. The zero-order valence-electron chi connectivity index (χ0n) is 21.6. The molecule has 3 aromatic rings. The van der Waals surface area contributed by atoms with E-state index in [4.69, 9.17) is 4.52 Å². The minimum atomic E-state index is -4.00. The molecule has 1 aliphatic heterocycles. The van der Waals surface area contributed by atoms with Crippen LogP contribution in [0.3, 0.4) is 0 Å². The van der Waals surface area contributed by atoms with E-state index in [1.807, 2.05) is 20.8 Å². The van der Waals surface area contributed by atoms with Crippen molar-refractivity contribution in [3.05, 3.63) is 46.4 Å². The van der Waals surface area contributed by atoms with Gasteiger partial charge in [-0.25, -0.2) is 13.1 Å². The lowest BCUT2D eigenvalue weighted by atomic mass is 9.92. The van der Waals surface area contributed by atoms with Crippen LogP contribution >= 0.6 is 7.52 Å². The van der Waals surface area contributed by atoms with Gasteiger partial charge in [0.15, 0.2) is 17.3 Å². The van der Waals surface area contributed by atoms with E-state index in [0.717, 1.165) is 6.26 Å². The molecule has 0 saturated carbocycles. The van der Waals surface area contributed by atoms with E-state index in [1.54, 1.807) is 13.0 Å². The first-order valence-corrected chi connectivity index (χ1v) is 15.3. The maximum atomic E-state index is 14.0. The maximum Gasteiger partial charge on any atom is 0.348 e. The first-order valence-electron chi connectivity index (χ1n) is 11.8. The number of sulfonamides is 1. The highest BCUT2D eigenvalue weighted by atomic mass is 32.2. The van der Waals surface area contributed by atoms with E-state index in [9.17, 15) is 22.9 Å². The summed E-state index contributed by atoms with van der Waals surface area (Å²) in [6, 6.07) is 5.92. The number of fused-ring (bicyclic) bond motifs is 1. The molecule has 38 heavy (non-hydrogen) atoms. The lowest BCUT2D eigenvalue weighted by Gasteiger charge is -2.26. The number of hydrogen-bond acceptors (Lipinski definition) is 9. The van der Waals surface area contributed by atoms with Crippen LogP contribution in [0.2, 0.25) is 0 Å². The zero-order chi connectivity index (χ0) is 27.9. The summed E-state index contributed by atoms with van der Waals surface area (Å²) < 4.78 is 50.8. The number of amidine groups is 1. The number of nitrogens with zero attached hydrogens (tertiary/aromatic N) is 4. The van der Waals surface area contributed by atoms with Crippen molar-refractivity contribution in [2.24, 2.45) is 10.2 Å². The molecule has 0 aliphatic carbocycles.